The third-order valence-electron chi connectivity index (χ3n) is 2.72. The zero-order valence-corrected chi connectivity index (χ0v) is 8.66. The molecule has 3 heteroatoms. The molecule has 2 unspecified atom stereocenters. The Balaban J connectivity index is 2.15. The maximum absolute atomic E-state index is 5.11. The van der Waals surface area contributed by atoms with Crippen molar-refractivity contribution in [2.45, 2.75) is 25.3 Å². The molecule has 2 rings (SSSR count). The number of methoxy groups -OCH3 is 1. The van der Waals surface area contributed by atoms with E-state index >= 15 is 0 Å². The van der Waals surface area contributed by atoms with Crippen LogP contribution in [0, 0.1) is 0 Å². The van der Waals surface area contributed by atoms with E-state index in [-0.39, 0.29) is 0 Å². The lowest BCUT2D eigenvalue weighted by molar-refractivity contribution is 0.395. The second-order valence-electron chi connectivity index (χ2n) is 3.85. The molecule has 1 N–H and O–H groups in total. The van der Waals surface area contributed by atoms with Crippen molar-refractivity contribution in [2.24, 2.45) is 0 Å². The van der Waals surface area contributed by atoms with Gasteiger partial charge in [0.1, 0.15) is 0 Å². The summed E-state index contributed by atoms with van der Waals surface area (Å²) >= 11 is 0. The van der Waals surface area contributed by atoms with E-state index in [1.807, 2.05) is 12.1 Å². The molecule has 1 saturated heterocycles. The van der Waals surface area contributed by atoms with Crippen LogP contribution in [0.15, 0.2) is 18.2 Å². The number of nitrogens with one attached hydrogen (secondary N) is 1. The number of rotatable bonds is 2. The van der Waals surface area contributed by atoms with Gasteiger partial charge in [-0.2, -0.15) is 0 Å². The van der Waals surface area contributed by atoms with E-state index < -0.39 is 0 Å². The van der Waals surface area contributed by atoms with Crippen molar-refractivity contribution in [3.63, 3.8) is 0 Å². The van der Waals surface area contributed by atoms with Gasteiger partial charge in [0.05, 0.1) is 7.11 Å². The highest BCUT2D eigenvalue weighted by atomic mass is 16.5. The predicted molar refractivity (Wildman–Crippen MR) is 55.6 cm³/mol. The zero-order chi connectivity index (χ0) is 9.97. The van der Waals surface area contributed by atoms with Crippen molar-refractivity contribution in [2.75, 3.05) is 13.7 Å². The Hall–Kier alpha value is -1.09. The molecule has 14 heavy (non-hydrogen) atoms. The summed E-state index contributed by atoms with van der Waals surface area (Å²) < 4.78 is 5.11. The number of hydrogen-bond donors (Lipinski definition) is 1. The molecule has 1 fully saturated rings. The van der Waals surface area contributed by atoms with Crippen molar-refractivity contribution >= 4 is 0 Å². The fourth-order valence-corrected chi connectivity index (χ4v) is 1.93. The molecule has 1 aromatic rings. The van der Waals surface area contributed by atoms with Gasteiger partial charge in [-0.15, -0.1) is 0 Å². The van der Waals surface area contributed by atoms with E-state index in [1.54, 1.807) is 7.11 Å². The fourth-order valence-electron chi connectivity index (χ4n) is 1.93. The van der Waals surface area contributed by atoms with Crippen LogP contribution < -0.4 is 10.1 Å². The second-order valence-corrected chi connectivity index (χ2v) is 3.85. The Labute approximate surface area is 84.5 Å². The standard InChI is InChI=1S/C11H16N2O/c1-8-6-9(7-12-8)10-4-3-5-11(13-10)14-2/h3-5,8-9,12H,6-7H2,1-2H3. The molecule has 76 valence electrons. The van der Waals surface area contributed by atoms with Gasteiger partial charge in [0.2, 0.25) is 5.88 Å². The summed E-state index contributed by atoms with van der Waals surface area (Å²) in [7, 11) is 1.65. The van der Waals surface area contributed by atoms with Gasteiger partial charge in [-0.1, -0.05) is 6.07 Å². The van der Waals surface area contributed by atoms with Crippen LogP contribution in [-0.2, 0) is 0 Å². The maximum atomic E-state index is 5.11. The average molecular weight is 192 g/mol. The smallest absolute Gasteiger partial charge is 0.213 e. The van der Waals surface area contributed by atoms with E-state index in [4.69, 9.17) is 4.74 Å². The summed E-state index contributed by atoms with van der Waals surface area (Å²) in [5.74, 6) is 1.25. The van der Waals surface area contributed by atoms with Crippen molar-refractivity contribution in [3.8, 4) is 5.88 Å². The summed E-state index contributed by atoms with van der Waals surface area (Å²) in [4.78, 5) is 4.45. The first-order valence-corrected chi connectivity index (χ1v) is 5.04. The maximum Gasteiger partial charge on any atom is 0.213 e. The first kappa shape index (κ1) is 9.46. The molecular weight excluding hydrogens is 176 g/mol. The number of pyridine rings is 1. The van der Waals surface area contributed by atoms with Crippen molar-refractivity contribution in [1.82, 2.24) is 10.3 Å². The molecule has 3 nitrogen and oxygen atoms in total. The van der Waals surface area contributed by atoms with E-state index in [1.165, 1.54) is 6.42 Å². The molecular formula is C11H16N2O. The molecule has 0 bridgehead atoms. The number of hydrogen-bond acceptors (Lipinski definition) is 3. The van der Waals surface area contributed by atoms with Crippen LogP contribution in [0.3, 0.4) is 0 Å². The molecule has 1 aromatic heterocycles. The highest BCUT2D eigenvalue weighted by molar-refractivity contribution is 5.20. The third kappa shape index (κ3) is 1.87. The first-order valence-electron chi connectivity index (χ1n) is 5.04. The van der Waals surface area contributed by atoms with Gasteiger partial charge >= 0.3 is 0 Å². The highest BCUT2D eigenvalue weighted by Gasteiger charge is 2.23. The SMILES string of the molecule is COc1cccc(C2CNC(C)C2)n1. The summed E-state index contributed by atoms with van der Waals surface area (Å²) in [6, 6.07) is 6.57. The minimum atomic E-state index is 0.542. The molecule has 1 aliphatic heterocycles. The first-order chi connectivity index (χ1) is 6.79. The average Bonchev–Trinajstić information content (AvgIpc) is 2.65. The van der Waals surface area contributed by atoms with Crippen molar-refractivity contribution < 1.29 is 4.74 Å². The van der Waals surface area contributed by atoms with Crippen LogP contribution in [0.25, 0.3) is 0 Å². The van der Waals surface area contributed by atoms with Crippen LogP contribution in [0.1, 0.15) is 25.0 Å². The van der Waals surface area contributed by atoms with Gasteiger partial charge in [-0.05, 0) is 19.4 Å². The second kappa shape index (κ2) is 3.96. The summed E-state index contributed by atoms with van der Waals surface area (Å²) in [5, 5.41) is 3.42. The van der Waals surface area contributed by atoms with E-state index in [2.05, 4.69) is 23.3 Å². The summed E-state index contributed by atoms with van der Waals surface area (Å²) in [6.45, 7) is 3.24. The Kier molecular flexibility index (Phi) is 2.68. The summed E-state index contributed by atoms with van der Waals surface area (Å²) in [6.07, 6.45) is 1.17. The molecule has 0 radical (unpaired) electrons. The third-order valence-corrected chi connectivity index (χ3v) is 2.72. The highest BCUT2D eigenvalue weighted by Crippen LogP contribution is 2.25. The number of ether oxygens (including phenoxy) is 1. The fraction of sp³-hybridized carbons (Fsp3) is 0.545. The Morgan fingerprint density at radius 2 is 2.36 bits per heavy atom. The van der Waals surface area contributed by atoms with E-state index in [0.29, 0.717) is 17.8 Å². The van der Waals surface area contributed by atoms with Crippen molar-refractivity contribution in [1.29, 1.82) is 0 Å². The molecule has 1 aliphatic rings. The number of nitrogens with zero attached hydrogens (tertiary/aromatic N) is 1. The van der Waals surface area contributed by atoms with Crippen LogP contribution in [0.5, 0.6) is 5.88 Å². The Bertz CT molecular complexity index is 314. The van der Waals surface area contributed by atoms with Crippen LogP contribution in [-0.4, -0.2) is 24.7 Å². The molecule has 0 amide bonds. The lowest BCUT2D eigenvalue weighted by Gasteiger charge is -2.08. The van der Waals surface area contributed by atoms with Gasteiger partial charge < -0.3 is 10.1 Å². The lowest BCUT2D eigenvalue weighted by atomic mass is 10.0. The van der Waals surface area contributed by atoms with Crippen molar-refractivity contribution in [3.05, 3.63) is 23.9 Å². The van der Waals surface area contributed by atoms with E-state index in [9.17, 15) is 0 Å². The van der Waals surface area contributed by atoms with Crippen LogP contribution >= 0.6 is 0 Å². The summed E-state index contributed by atoms with van der Waals surface area (Å²) in [5.41, 5.74) is 1.14. The van der Waals surface area contributed by atoms with Gasteiger partial charge in [0.15, 0.2) is 0 Å². The monoisotopic (exact) mass is 192 g/mol. The predicted octanol–water partition coefficient (Wildman–Crippen LogP) is 1.56. The van der Waals surface area contributed by atoms with Gasteiger partial charge in [-0.25, -0.2) is 4.98 Å². The quantitative estimate of drug-likeness (QED) is 0.772. The lowest BCUT2D eigenvalue weighted by Crippen LogP contribution is -2.16. The van der Waals surface area contributed by atoms with Gasteiger partial charge in [-0.3, -0.25) is 0 Å². The van der Waals surface area contributed by atoms with Gasteiger partial charge in [0.25, 0.3) is 0 Å². The minimum Gasteiger partial charge on any atom is -0.481 e. The molecule has 2 atom stereocenters. The molecule has 0 aromatic carbocycles. The minimum absolute atomic E-state index is 0.542. The van der Waals surface area contributed by atoms with Crippen LogP contribution in [0.2, 0.25) is 0 Å². The van der Waals surface area contributed by atoms with Gasteiger partial charge in [0, 0.05) is 30.3 Å². The molecule has 0 saturated carbocycles. The van der Waals surface area contributed by atoms with E-state index in [0.717, 1.165) is 12.2 Å². The molecule has 0 aliphatic carbocycles. The normalized spacial score (nSPS) is 26.4. The topological polar surface area (TPSA) is 34.1 Å². The Morgan fingerprint density at radius 1 is 1.50 bits per heavy atom. The molecule has 2 heterocycles. The molecule has 0 spiro atoms. The number of aromatic nitrogens is 1. The largest absolute Gasteiger partial charge is 0.481 e. The zero-order valence-electron chi connectivity index (χ0n) is 8.66. The van der Waals surface area contributed by atoms with Crippen LogP contribution in [0.4, 0.5) is 0 Å². The Morgan fingerprint density at radius 3 is 3.00 bits per heavy atom.